The monoisotopic (exact) mass is 163 g/mol. The summed E-state index contributed by atoms with van der Waals surface area (Å²) in [7, 11) is 1.85. The van der Waals surface area contributed by atoms with E-state index >= 15 is 0 Å². The van der Waals surface area contributed by atoms with Gasteiger partial charge in [-0.2, -0.15) is 0 Å². The van der Waals surface area contributed by atoms with Gasteiger partial charge in [0.05, 0.1) is 6.33 Å². The van der Waals surface area contributed by atoms with E-state index in [1.54, 1.807) is 29.3 Å². The molecule has 62 valence electrons. The first-order chi connectivity index (χ1) is 5.79. The standard InChI is InChI=1S/C8H9N3O/c1-11-5-10-7-6(12)3-2-4-9-8(7)11/h2-6,12H,1H3/t6-/m1/s1. The molecule has 0 aliphatic carbocycles. The molecule has 0 radical (unpaired) electrons. The van der Waals surface area contributed by atoms with Crippen molar-refractivity contribution in [3.05, 3.63) is 24.2 Å². The highest BCUT2D eigenvalue weighted by molar-refractivity contribution is 5.75. The highest BCUT2D eigenvalue weighted by atomic mass is 16.3. The third kappa shape index (κ3) is 0.967. The van der Waals surface area contributed by atoms with Gasteiger partial charge in [0.1, 0.15) is 11.8 Å². The van der Waals surface area contributed by atoms with Crippen LogP contribution in [0.2, 0.25) is 0 Å². The Labute approximate surface area is 69.9 Å². The van der Waals surface area contributed by atoms with E-state index in [4.69, 9.17) is 0 Å². The minimum atomic E-state index is -0.635. The molecule has 1 N–H and O–H groups in total. The fourth-order valence-electron chi connectivity index (χ4n) is 1.17. The predicted octanol–water partition coefficient (Wildman–Crippen LogP) is 0.726. The minimum absolute atomic E-state index is 0.613. The second kappa shape index (κ2) is 2.57. The van der Waals surface area contributed by atoms with Crippen molar-refractivity contribution in [1.29, 1.82) is 0 Å². The average molecular weight is 163 g/mol. The average Bonchev–Trinajstić information content (AvgIpc) is 2.30. The van der Waals surface area contributed by atoms with Crippen LogP contribution < -0.4 is 0 Å². The molecule has 1 aliphatic rings. The van der Waals surface area contributed by atoms with Crippen molar-refractivity contribution in [2.75, 3.05) is 0 Å². The smallest absolute Gasteiger partial charge is 0.158 e. The van der Waals surface area contributed by atoms with E-state index < -0.39 is 6.10 Å². The third-order valence-corrected chi connectivity index (χ3v) is 1.79. The summed E-state index contributed by atoms with van der Waals surface area (Å²) < 4.78 is 1.78. The first-order valence-corrected chi connectivity index (χ1v) is 3.69. The number of fused-ring (bicyclic) bond motifs is 1. The third-order valence-electron chi connectivity index (χ3n) is 1.79. The van der Waals surface area contributed by atoms with E-state index in [2.05, 4.69) is 9.98 Å². The number of imidazole rings is 1. The Hall–Kier alpha value is -1.42. The Bertz CT molecular complexity index is 351. The van der Waals surface area contributed by atoms with Crippen LogP contribution in [0.5, 0.6) is 0 Å². The van der Waals surface area contributed by atoms with Crippen LogP contribution in [0.1, 0.15) is 11.8 Å². The topological polar surface area (TPSA) is 50.4 Å². The molecule has 2 heterocycles. The lowest BCUT2D eigenvalue weighted by Gasteiger charge is -2.00. The van der Waals surface area contributed by atoms with Gasteiger partial charge >= 0.3 is 0 Å². The predicted molar refractivity (Wildman–Crippen MR) is 45.5 cm³/mol. The summed E-state index contributed by atoms with van der Waals surface area (Å²) in [6.45, 7) is 0. The molecule has 0 spiro atoms. The highest BCUT2D eigenvalue weighted by Crippen LogP contribution is 2.25. The number of nitrogens with zero attached hydrogens (tertiary/aromatic N) is 3. The fraction of sp³-hybridized carbons (Fsp3) is 0.250. The van der Waals surface area contributed by atoms with E-state index in [9.17, 15) is 5.11 Å². The molecule has 0 saturated carbocycles. The quantitative estimate of drug-likeness (QED) is 0.612. The molecule has 1 aliphatic heterocycles. The normalized spacial score (nSPS) is 20.7. The van der Waals surface area contributed by atoms with Crippen LogP contribution in [-0.2, 0) is 7.05 Å². The SMILES string of the molecule is Cn1cnc2c1N=CC=C[C@H]2O. The van der Waals surface area contributed by atoms with Crippen molar-refractivity contribution in [3.8, 4) is 0 Å². The molecule has 0 bridgehead atoms. The van der Waals surface area contributed by atoms with Crippen molar-refractivity contribution in [2.24, 2.45) is 12.0 Å². The van der Waals surface area contributed by atoms with Crippen molar-refractivity contribution in [3.63, 3.8) is 0 Å². The summed E-state index contributed by atoms with van der Waals surface area (Å²) in [5.74, 6) is 0.715. The van der Waals surface area contributed by atoms with E-state index in [-0.39, 0.29) is 0 Å². The number of hydrogen-bond donors (Lipinski definition) is 1. The molecule has 0 saturated heterocycles. The summed E-state index contributed by atoms with van der Waals surface area (Å²) in [5, 5.41) is 9.51. The molecule has 0 unspecified atom stereocenters. The van der Waals surface area contributed by atoms with Crippen LogP contribution in [-0.4, -0.2) is 20.9 Å². The van der Waals surface area contributed by atoms with E-state index in [1.165, 1.54) is 0 Å². The van der Waals surface area contributed by atoms with Crippen LogP contribution in [0, 0.1) is 0 Å². The molecule has 4 heteroatoms. The number of aliphatic imine (C=N–C) groups is 1. The van der Waals surface area contributed by atoms with Crippen molar-refractivity contribution in [1.82, 2.24) is 9.55 Å². The molecule has 0 aromatic carbocycles. The van der Waals surface area contributed by atoms with Crippen LogP contribution in [0.4, 0.5) is 5.82 Å². The molecule has 4 nitrogen and oxygen atoms in total. The number of hydrogen-bond acceptors (Lipinski definition) is 3. The first-order valence-electron chi connectivity index (χ1n) is 3.69. The Balaban J connectivity index is 2.58. The Morgan fingerprint density at radius 3 is 3.25 bits per heavy atom. The lowest BCUT2D eigenvalue weighted by atomic mass is 10.2. The zero-order valence-corrected chi connectivity index (χ0v) is 6.68. The maximum absolute atomic E-state index is 9.51. The maximum atomic E-state index is 9.51. The van der Waals surface area contributed by atoms with Crippen LogP contribution in [0.25, 0.3) is 0 Å². The molecule has 1 aromatic heterocycles. The minimum Gasteiger partial charge on any atom is -0.383 e. The number of allylic oxidation sites excluding steroid dienone is 1. The van der Waals surface area contributed by atoms with Gasteiger partial charge < -0.3 is 9.67 Å². The lowest BCUT2D eigenvalue weighted by molar-refractivity contribution is 0.225. The number of aryl methyl sites for hydroxylation is 1. The number of aliphatic hydroxyl groups excluding tert-OH is 1. The summed E-state index contributed by atoms with van der Waals surface area (Å²) in [4.78, 5) is 8.17. The van der Waals surface area contributed by atoms with Crippen LogP contribution in [0.15, 0.2) is 23.5 Å². The van der Waals surface area contributed by atoms with Gasteiger partial charge in [-0.3, -0.25) is 0 Å². The van der Waals surface area contributed by atoms with E-state index in [1.807, 2.05) is 7.05 Å². The molecular weight excluding hydrogens is 154 g/mol. The van der Waals surface area contributed by atoms with Gasteiger partial charge in [0, 0.05) is 13.3 Å². The van der Waals surface area contributed by atoms with Crippen LogP contribution >= 0.6 is 0 Å². The Kier molecular flexibility index (Phi) is 1.55. The molecule has 0 fully saturated rings. The first kappa shape index (κ1) is 7.24. The van der Waals surface area contributed by atoms with Crippen molar-refractivity contribution < 1.29 is 5.11 Å². The highest BCUT2D eigenvalue weighted by Gasteiger charge is 2.15. The zero-order chi connectivity index (χ0) is 8.55. The Morgan fingerprint density at radius 2 is 2.42 bits per heavy atom. The zero-order valence-electron chi connectivity index (χ0n) is 6.68. The van der Waals surface area contributed by atoms with Gasteiger partial charge in [-0.15, -0.1) is 0 Å². The molecule has 1 aromatic rings. The van der Waals surface area contributed by atoms with E-state index in [0.717, 1.165) is 0 Å². The second-order valence-corrected chi connectivity index (χ2v) is 2.67. The van der Waals surface area contributed by atoms with Crippen LogP contribution in [0.3, 0.4) is 0 Å². The van der Waals surface area contributed by atoms with Gasteiger partial charge in [-0.05, 0) is 12.2 Å². The second-order valence-electron chi connectivity index (χ2n) is 2.67. The summed E-state index contributed by atoms with van der Waals surface area (Å²) in [6, 6.07) is 0. The van der Waals surface area contributed by atoms with Gasteiger partial charge in [0.15, 0.2) is 5.82 Å². The van der Waals surface area contributed by atoms with Crippen molar-refractivity contribution in [2.45, 2.75) is 6.10 Å². The molecule has 12 heavy (non-hydrogen) atoms. The summed E-state index contributed by atoms with van der Waals surface area (Å²) in [5.41, 5.74) is 0.613. The van der Waals surface area contributed by atoms with Crippen molar-refractivity contribution >= 4 is 12.0 Å². The summed E-state index contributed by atoms with van der Waals surface area (Å²) in [6.07, 6.45) is 6.03. The van der Waals surface area contributed by atoms with Gasteiger partial charge in [-0.1, -0.05) is 0 Å². The molecule has 2 rings (SSSR count). The van der Waals surface area contributed by atoms with Gasteiger partial charge in [-0.25, -0.2) is 9.98 Å². The van der Waals surface area contributed by atoms with E-state index in [0.29, 0.717) is 11.5 Å². The Morgan fingerprint density at radius 1 is 1.58 bits per heavy atom. The number of aliphatic hydroxyl groups is 1. The molecule has 1 atom stereocenters. The summed E-state index contributed by atoms with van der Waals surface area (Å²) >= 11 is 0. The number of aromatic nitrogens is 2. The molecule has 0 amide bonds. The number of rotatable bonds is 0. The van der Waals surface area contributed by atoms with Gasteiger partial charge in [0.25, 0.3) is 0 Å². The lowest BCUT2D eigenvalue weighted by Crippen LogP contribution is -1.92. The van der Waals surface area contributed by atoms with Gasteiger partial charge in [0.2, 0.25) is 0 Å². The fourth-order valence-corrected chi connectivity index (χ4v) is 1.17. The molecular formula is C8H9N3O. The largest absolute Gasteiger partial charge is 0.383 e. The maximum Gasteiger partial charge on any atom is 0.158 e.